The molecule has 0 saturated heterocycles. The number of rotatable bonds is 5. The van der Waals surface area contributed by atoms with Crippen molar-refractivity contribution < 1.29 is 0 Å². The van der Waals surface area contributed by atoms with E-state index in [4.69, 9.17) is 5.73 Å². The Kier molecular flexibility index (Phi) is 5.26. The fraction of sp³-hybridized carbons (Fsp3) is 0.375. The summed E-state index contributed by atoms with van der Waals surface area (Å²) >= 11 is 3.57. The second-order valence-electron chi connectivity index (χ2n) is 4.95. The molecular formula is C16H20BrN3. The summed E-state index contributed by atoms with van der Waals surface area (Å²) in [5.74, 6) is 0.878. The summed E-state index contributed by atoms with van der Waals surface area (Å²) in [6.07, 6.45) is 2.69. The second-order valence-corrected chi connectivity index (χ2v) is 5.80. The maximum atomic E-state index is 5.58. The first-order valence-corrected chi connectivity index (χ1v) is 7.67. The molecule has 1 heterocycles. The van der Waals surface area contributed by atoms with Gasteiger partial charge in [-0.15, -0.1) is 0 Å². The SMILES string of the molecule is Cc1nc(Cc2ccccc2Br)nc(C)c1CCCN. The molecule has 0 saturated carbocycles. The lowest BCUT2D eigenvalue weighted by molar-refractivity contribution is 0.791. The number of hydrogen-bond acceptors (Lipinski definition) is 3. The van der Waals surface area contributed by atoms with Crippen LogP contribution >= 0.6 is 15.9 Å². The molecule has 0 bridgehead atoms. The highest BCUT2D eigenvalue weighted by atomic mass is 79.9. The van der Waals surface area contributed by atoms with Gasteiger partial charge in [-0.25, -0.2) is 9.97 Å². The highest BCUT2D eigenvalue weighted by Crippen LogP contribution is 2.19. The maximum absolute atomic E-state index is 5.58. The predicted molar refractivity (Wildman–Crippen MR) is 85.8 cm³/mol. The number of aryl methyl sites for hydroxylation is 2. The van der Waals surface area contributed by atoms with Crippen molar-refractivity contribution >= 4 is 15.9 Å². The van der Waals surface area contributed by atoms with Crippen LogP contribution in [0.1, 0.15) is 34.8 Å². The van der Waals surface area contributed by atoms with E-state index in [2.05, 4.69) is 45.8 Å². The van der Waals surface area contributed by atoms with Gasteiger partial charge in [0.25, 0.3) is 0 Å². The van der Waals surface area contributed by atoms with E-state index < -0.39 is 0 Å². The summed E-state index contributed by atoms with van der Waals surface area (Å²) < 4.78 is 1.10. The Balaban J connectivity index is 2.24. The average Bonchev–Trinajstić information content (AvgIpc) is 2.41. The molecule has 4 heteroatoms. The van der Waals surface area contributed by atoms with E-state index in [1.165, 1.54) is 11.1 Å². The van der Waals surface area contributed by atoms with Gasteiger partial charge in [-0.1, -0.05) is 34.1 Å². The first-order chi connectivity index (χ1) is 9.61. The maximum Gasteiger partial charge on any atom is 0.133 e. The van der Waals surface area contributed by atoms with Crippen molar-refractivity contribution in [3.8, 4) is 0 Å². The topological polar surface area (TPSA) is 51.8 Å². The van der Waals surface area contributed by atoms with Crippen LogP contribution in [0.15, 0.2) is 28.7 Å². The Morgan fingerprint density at radius 3 is 2.35 bits per heavy atom. The van der Waals surface area contributed by atoms with E-state index in [0.717, 1.165) is 40.9 Å². The Bertz CT molecular complexity index is 573. The van der Waals surface area contributed by atoms with Crippen LogP contribution in [0.25, 0.3) is 0 Å². The van der Waals surface area contributed by atoms with Crippen LogP contribution in [0.2, 0.25) is 0 Å². The molecule has 0 fully saturated rings. The Morgan fingerprint density at radius 1 is 1.10 bits per heavy atom. The van der Waals surface area contributed by atoms with Crippen molar-refractivity contribution in [2.24, 2.45) is 5.73 Å². The van der Waals surface area contributed by atoms with Crippen LogP contribution in [-0.2, 0) is 12.8 Å². The highest BCUT2D eigenvalue weighted by molar-refractivity contribution is 9.10. The van der Waals surface area contributed by atoms with Crippen molar-refractivity contribution in [1.29, 1.82) is 0 Å². The third-order valence-corrected chi connectivity index (χ3v) is 4.18. The molecule has 0 aliphatic rings. The molecule has 0 aliphatic heterocycles. The molecular weight excluding hydrogens is 314 g/mol. The lowest BCUT2D eigenvalue weighted by Crippen LogP contribution is -2.08. The summed E-state index contributed by atoms with van der Waals surface area (Å²) in [6, 6.07) is 8.20. The van der Waals surface area contributed by atoms with Crippen LogP contribution in [0.4, 0.5) is 0 Å². The van der Waals surface area contributed by atoms with Crippen LogP contribution in [-0.4, -0.2) is 16.5 Å². The number of nitrogens with two attached hydrogens (primary N) is 1. The second kappa shape index (κ2) is 6.95. The molecule has 1 aromatic heterocycles. The van der Waals surface area contributed by atoms with Gasteiger partial charge in [-0.05, 0) is 50.4 Å². The molecule has 20 heavy (non-hydrogen) atoms. The fourth-order valence-corrected chi connectivity index (χ4v) is 2.77. The van der Waals surface area contributed by atoms with Crippen molar-refractivity contribution in [3.05, 3.63) is 57.1 Å². The van der Waals surface area contributed by atoms with Gasteiger partial charge in [0.15, 0.2) is 0 Å². The van der Waals surface area contributed by atoms with Crippen molar-refractivity contribution in [3.63, 3.8) is 0 Å². The van der Waals surface area contributed by atoms with Crippen molar-refractivity contribution in [2.75, 3.05) is 6.54 Å². The highest BCUT2D eigenvalue weighted by Gasteiger charge is 2.09. The zero-order valence-electron chi connectivity index (χ0n) is 12.0. The molecule has 0 radical (unpaired) electrons. The number of nitrogens with zero attached hydrogens (tertiary/aromatic N) is 2. The molecule has 2 N–H and O–H groups in total. The Labute approximate surface area is 128 Å². The molecule has 1 aromatic carbocycles. The monoisotopic (exact) mass is 333 g/mol. The smallest absolute Gasteiger partial charge is 0.133 e. The van der Waals surface area contributed by atoms with Gasteiger partial charge in [-0.2, -0.15) is 0 Å². The van der Waals surface area contributed by atoms with Gasteiger partial charge in [0.1, 0.15) is 5.82 Å². The average molecular weight is 334 g/mol. The lowest BCUT2D eigenvalue weighted by Gasteiger charge is -2.11. The third-order valence-electron chi connectivity index (χ3n) is 3.40. The minimum Gasteiger partial charge on any atom is -0.330 e. The fourth-order valence-electron chi connectivity index (χ4n) is 2.34. The normalized spacial score (nSPS) is 10.8. The molecule has 0 aliphatic carbocycles. The van der Waals surface area contributed by atoms with Crippen LogP contribution in [0.3, 0.4) is 0 Å². The van der Waals surface area contributed by atoms with Crippen LogP contribution < -0.4 is 5.73 Å². The van der Waals surface area contributed by atoms with Gasteiger partial charge < -0.3 is 5.73 Å². The Hall–Kier alpha value is -1.26. The van der Waals surface area contributed by atoms with Gasteiger partial charge in [0.2, 0.25) is 0 Å². The summed E-state index contributed by atoms with van der Waals surface area (Å²) in [5.41, 5.74) is 10.2. The number of aromatic nitrogens is 2. The summed E-state index contributed by atoms with van der Waals surface area (Å²) in [6.45, 7) is 4.83. The Morgan fingerprint density at radius 2 is 1.75 bits per heavy atom. The summed E-state index contributed by atoms with van der Waals surface area (Å²) in [5, 5.41) is 0. The molecule has 0 amide bonds. The molecule has 2 rings (SSSR count). The van der Waals surface area contributed by atoms with Crippen molar-refractivity contribution in [2.45, 2.75) is 33.1 Å². The molecule has 0 unspecified atom stereocenters. The quantitative estimate of drug-likeness (QED) is 0.912. The zero-order valence-corrected chi connectivity index (χ0v) is 13.6. The number of benzene rings is 1. The van der Waals surface area contributed by atoms with E-state index in [0.29, 0.717) is 6.54 Å². The van der Waals surface area contributed by atoms with Gasteiger partial charge in [-0.3, -0.25) is 0 Å². The van der Waals surface area contributed by atoms with Crippen molar-refractivity contribution in [1.82, 2.24) is 9.97 Å². The third kappa shape index (κ3) is 3.64. The zero-order chi connectivity index (χ0) is 14.5. The molecule has 106 valence electrons. The van der Waals surface area contributed by atoms with E-state index in [9.17, 15) is 0 Å². The van der Waals surface area contributed by atoms with E-state index in [-0.39, 0.29) is 0 Å². The molecule has 0 spiro atoms. The molecule has 0 atom stereocenters. The summed E-state index contributed by atoms with van der Waals surface area (Å²) in [4.78, 5) is 9.30. The first kappa shape index (κ1) is 15.1. The molecule has 3 nitrogen and oxygen atoms in total. The standard InChI is InChI=1S/C16H20BrN3/c1-11-14(7-5-9-18)12(2)20-16(19-11)10-13-6-3-4-8-15(13)17/h3-4,6,8H,5,7,9-10,18H2,1-2H3. The van der Waals surface area contributed by atoms with E-state index >= 15 is 0 Å². The number of halogens is 1. The summed E-state index contributed by atoms with van der Waals surface area (Å²) in [7, 11) is 0. The van der Waals surface area contributed by atoms with Gasteiger partial charge in [0.05, 0.1) is 0 Å². The minimum atomic E-state index is 0.706. The lowest BCUT2D eigenvalue weighted by atomic mass is 10.1. The first-order valence-electron chi connectivity index (χ1n) is 6.88. The minimum absolute atomic E-state index is 0.706. The van der Waals surface area contributed by atoms with Gasteiger partial charge in [0, 0.05) is 22.3 Å². The van der Waals surface area contributed by atoms with Crippen LogP contribution in [0.5, 0.6) is 0 Å². The largest absolute Gasteiger partial charge is 0.330 e. The predicted octanol–water partition coefficient (Wildman–Crippen LogP) is 3.34. The number of hydrogen-bond donors (Lipinski definition) is 1. The van der Waals surface area contributed by atoms with E-state index in [1.807, 2.05) is 18.2 Å². The van der Waals surface area contributed by atoms with E-state index in [1.54, 1.807) is 0 Å². The molecule has 2 aromatic rings. The van der Waals surface area contributed by atoms with Crippen LogP contribution in [0, 0.1) is 13.8 Å². The van der Waals surface area contributed by atoms with Gasteiger partial charge >= 0.3 is 0 Å².